The maximum Gasteiger partial charge on any atom is 0.303 e. The van der Waals surface area contributed by atoms with Crippen LogP contribution in [0.25, 0.3) is 0 Å². The predicted molar refractivity (Wildman–Crippen MR) is 68.2 cm³/mol. The Morgan fingerprint density at radius 1 is 1.29 bits per heavy atom. The molecule has 0 spiro atoms. The van der Waals surface area contributed by atoms with Gasteiger partial charge in [-0.05, 0) is 48.6 Å². The number of aliphatic carboxylic acids is 1. The first kappa shape index (κ1) is 12.2. The summed E-state index contributed by atoms with van der Waals surface area (Å²) in [5.41, 5.74) is 2.81. The van der Waals surface area contributed by atoms with Crippen molar-refractivity contribution in [2.45, 2.75) is 44.9 Å². The molecular formula is C15H20O2. The van der Waals surface area contributed by atoms with Crippen LogP contribution in [-0.4, -0.2) is 11.1 Å². The Morgan fingerprint density at radius 3 is 2.47 bits per heavy atom. The van der Waals surface area contributed by atoms with Gasteiger partial charge in [0.2, 0.25) is 0 Å². The molecule has 17 heavy (non-hydrogen) atoms. The van der Waals surface area contributed by atoms with E-state index in [1.54, 1.807) is 0 Å². The molecule has 1 aliphatic carbocycles. The second kappa shape index (κ2) is 5.35. The largest absolute Gasteiger partial charge is 0.481 e. The minimum Gasteiger partial charge on any atom is -0.481 e. The standard InChI is InChI=1S/C15H20O2/c1-2-11-3-6-13(7-4-11)14-9-12(10-14)5-8-15(16)17/h3-4,6-7,12,14H,2,5,8-10H2,1H3,(H,16,17). The molecule has 0 unspecified atom stereocenters. The van der Waals surface area contributed by atoms with E-state index < -0.39 is 5.97 Å². The zero-order chi connectivity index (χ0) is 12.3. The van der Waals surface area contributed by atoms with Crippen LogP contribution in [0.2, 0.25) is 0 Å². The Hall–Kier alpha value is -1.31. The van der Waals surface area contributed by atoms with E-state index in [0.29, 0.717) is 18.3 Å². The fraction of sp³-hybridized carbons (Fsp3) is 0.533. The first-order chi connectivity index (χ1) is 8.19. The van der Waals surface area contributed by atoms with Gasteiger partial charge >= 0.3 is 5.97 Å². The van der Waals surface area contributed by atoms with Crippen molar-refractivity contribution in [2.75, 3.05) is 0 Å². The van der Waals surface area contributed by atoms with Gasteiger partial charge in [-0.25, -0.2) is 0 Å². The molecule has 0 amide bonds. The molecule has 1 aromatic rings. The second-order valence-electron chi connectivity index (χ2n) is 5.06. The molecule has 1 aliphatic rings. The highest BCUT2D eigenvalue weighted by Crippen LogP contribution is 2.43. The lowest BCUT2D eigenvalue weighted by Gasteiger charge is -2.35. The summed E-state index contributed by atoms with van der Waals surface area (Å²) >= 11 is 0. The summed E-state index contributed by atoms with van der Waals surface area (Å²) in [4.78, 5) is 10.5. The molecule has 0 saturated heterocycles. The monoisotopic (exact) mass is 232 g/mol. The summed E-state index contributed by atoms with van der Waals surface area (Å²) in [5.74, 6) is 0.627. The van der Waals surface area contributed by atoms with Gasteiger partial charge in [0.05, 0.1) is 0 Å². The molecule has 1 fully saturated rings. The summed E-state index contributed by atoms with van der Waals surface area (Å²) in [7, 11) is 0. The second-order valence-corrected chi connectivity index (χ2v) is 5.06. The molecule has 2 nitrogen and oxygen atoms in total. The number of hydrogen-bond acceptors (Lipinski definition) is 1. The van der Waals surface area contributed by atoms with E-state index in [-0.39, 0.29) is 0 Å². The van der Waals surface area contributed by atoms with Crippen LogP contribution < -0.4 is 0 Å². The van der Waals surface area contributed by atoms with E-state index in [2.05, 4.69) is 31.2 Å². The number of aryl methyl sites for hydroxylation is 1. The van der Waals surface area contributed by atoms with Crippen LogP contribution in [0.4, 0.5) is 0 Å². The molecule has 2 rings (SSSR count). The van der Waals surface area contributed by atoms with Gasteiger partial charge in [0.1, 0.15) is 0 Å². The van der Waals surface area contributed by atoms with E-state index in [0.717, 1.165) is 12.8 Å². The van der Waals surface area contributed by atoms with Gasteiger partial charge in [0.25, 0.3) is 0 Å². The molecule has 1 aromatic carbocycles. The summed E-state index contributed by atoms with van der Waals surface area (Å²) in [6.45, 7) is 2.17. The summed E-state index contributed by atoms with van der Waals surface area (Å²) < 4.78 is 0. The van der Waals surface area contributed by atoms with Gasteiger partial charge in [-0.1, -0.05) is 31.2 Å². The van der Waals surface area contributed by atoms with Crippen molar-refractivity contribution in [1.82, 2.24) is 0 Å². The molecule has 0 heterocycles. The molecule has 1 saturated carbocycles. The van der Waals surface area contributed by atoms with Crippen molar-refractivity contribution in [1.29, 1.82) is 0 Å². The lowest BCUT2D eigenvalue weighted by Crippen LogP contribution is -2.22. The van der Waals surface area contributed by atoms with Crippen LogP contribution in [-0.2, 0) is 11.2 Å². The third kappa shape index (κ3) is 3.09. The zero-order valence-corrected chi connectivity index (χ0v) is 10.4. The maximum absolute atomic E-state index is 10.5. The Labute approximate surface area is 103 Å². The molecule has 0 radical (unpaired) electrons. The molecule has 1 N–H and O–H groups in total. The fourth-order valence-corrected chi connectivity index (χ4v) is 2.60. The van der Waals surface area contributed by atoms with Crippen molar-refractivity contribution in [2.24, 2.45) is 5.92 Å². The smallest absolute Gasteiger partial charge is 0.303 e. The lowest BCUT2D eigenvalue weighted by molar-refractivity contribution is -0.137. The number of carboxylic acid groups (broad SMARTS) is 1. The van der Waals surface area contributed by atoms with Gasteiger partial charge < -0.3 is 5.11 Å². The quantitative estimate of drug-likeness (QED) is 0.842. The van der Waals surface area contributed by atoms with Gasteiger partial charge in [-0.2, -0.15) is 0 Å². The summed E-state index contributed by atoms with van der Waals surface area (Å²) in [5, 5.41) is 8.62. The highest BCUT2D eigenvalue weighted by atomic mass is 16.4. The van der Waals surface area contributed by atoms with Crippen LogP contribution >= 0.6 is 0 Å². The Morgan fingerprint density at radius 2 is 1.94 bits per heavy atom. The summed E-state index contributed by atoms with van der Waals surface area (Å²) in [6.07, 6.45) is 4.59. The first-order valence-corrected chi connectivity index (χ1v) is 6.49. The van der Waals surface area contributed by atoms with Crippen molar-refractivity contribution >= 4 is 5.97 Å². The van der Waals surface area contributed by atoms with Crippen LogP contribution in [0.3, 0.4) is 0 Å². The zero-order valence-electron chi connectivity index (χ0n) is 10.4. The van der Waals surface area contributed by atoms with Crippen LogP contribution in [0.15, 0.2) is 24.3 Å². The highest BCUT2D eigenvalue weighted by molar-refractivity contribution is 5.66. The Bertz CT molecular complexity index is 374. The Balaban J connectivity index is 1.80. The first-order valence-electron chi connectivity index (χ1n) is 6.49. The van der Waals surface area contributed by atoms with Crippen molar-refractivity contribution in [3.05, 3.63) is 35.4 Å². The maximum atomic E-state index is 10.5. The van der Waals surface area contributed by atoms with E-state index in [4.69, 9.17) is 5.11 Å². The third-order valence-corrected chi connectivity index (χ3v) is 3.86. The minimum absolute atomic E-state index is 0.326. The van der Waals surface area contributed by atoms with Crippen molar-refractivity contribution in [3.63, 3.8) is 0 Å². The normalized spacial score (nSPS) is 23.1. The number of carbonyl (C=O) groups is 1. The van der Waals surface area contributed by atoms with Crippen molar-refractivity contribution in [3.8, 4) is 0 Å². The molecule has 0 aliphatic heterocycles. The SMILES string of the molecule is CCc1ccc(C2CC(CCC(=O)O)C2)cc1. The molecule has 0 bridgehead atoms. The van der Waals surface area contributed by atoms with Gasteiger partial charge in [-0.3, -0.25) is 4.79 Å². The lowest BCUT2D eigenvalue weighted by atomic mass is 9.69. The van der Waals surface area contributed by atoms with Crippen LogP contribution in [0.5, 0.6) is 0 Å². The molecular weight excluding hydrogens is 212 g/mol. The number of benzene rings is 1. The summed E-state index contributed by atoms with van der Waals surface area (Å²) in [6, 6.07) is 8.88. The predicted octanol–water partition coefficient (Wildman–Crippen LogP) is 3.61. The van der Waals surface area contributed by atoms with E-state index in [1.165, 1.54) is 24.0 Å². The van der Waals surface area contributed by atoms with Crippen LogP contribution in [0.1, 0.15) is 49.7 Å². The van der Waals surface area contributed by atoms with Crippen LogP contribution in [0, 0.1) is 5.92 Å². The molecule has 0 aromatic heterocycles. The number of rotatable bonds is 5. The highest BCUT2D eigenvalue weighted by Gasteiger charge is 2.30. The minimum atomic E-state index is -0.666. The Kier molecular flexibility index (Phi) is 3.82. The van der Waals surface area contributed by atoms with Gasteiger partial charge in [-0.15, -0.1) is 0 Å². The van der Waals surface area contributed by atoms with E-state index >= 15 is 0 Å². The molecule has 2 heteroatoms. The van der Waals surface area contributed by atoms with Gasteiger partial charge in [0, 0.05) is 6.42 Å². The van der Waals surface area contributed by atoms with E-state index in [9.17, 15) is 4.79 Å². The third-order valence-electron chi connectivity index (χ3n) is 3.86. The number of carboxylic acids is 1. The average molecular weight is 232 g/mol. The molecule has 0 atom stereocenters. The molecule has 92 valence electrons. The van der Waals surface area contributed by atoms with E-state index in [1.807, 2.05) is 0 Å². The topological polar surface area (TPSA) is 37.3 Å². The number of hydrogen-bond donors (Lipinski definition) is 1. The van der Waals surface area contributed by atoms with Crippen molar-refractivity contribution < 1.29 is 9.90 Å². The average Bonchev–Trinajstić information content (AvgIpc) is 2.27. The van der Waals surface area contributed by atoms with Gasteiger partial charge in [0.15, 0.2) is 0 Å². The fourth-order valence-electron chi connectivity index (χ4n) is 2.60.